The maximum atomic E-state index is 11.4. The molecule has 0 aromatic heterocycles. The number of ether oxygens (including phenoxy) is 1. The molecule has 0 unspecified atom stereocenters. The van der Waals surface area contributed by atoms with E-state index in [1.54, 1.807) is 18.2 Å². The summed E-state index contributed by atoms with van der Waals surface area (Å²) < 4.78 is 5.07. The van der Waals surface area contributed by atoms with Gasteiger partial charge in [-0.2, -0.15) is 0 Å². The van der Waals surface area contributed by atoms with Gasteiger partial charge in [0.1, 0.15) is 5.75 Å². The van der Waals surface area contributed by atoms with Gasteiger partial charge in [-0.15, -0.1) is 0 Å². The summed E-state index contributed by atoms with van der Waals surface area (Å²) in [6.07, 6.45) is 2.64. The summed E-state index contributed by atoms with van der Waals surface area (Å²) in [4.78, 5) is 22.1. The Kier molecular flexibility index (Phi) is 4.51. The molecule has 0 heterocycles. The van der Waals surface area contributed by atoms with Gasteiger partial charge in [-0.25, -0.2) is 0 Å². The van der Waals surface area contributed by atoms with Gasteiger partial charge in [-0.05, 0) is 18.6 Å². The fraction of sp³-hybridized carbons (Fsp3) is 0.333. The molecular formula is C12H15NO3. The molecule has 0 amide bonds. The molecule has 16 heavy (non-hydrogen) atoms. The smallest absolute Gasteiger partial charge is 0.311 e. The van der Waals surface area contributed by atoms with Gasteiger partial charge in [-0.3, -0.25) is 9.59 Å². The Morgan fingerprint density at radius 3 is 2.88 bits per heavy atom. The monoisotopic (exact) mass is 221 g/mol. The highest BCUT2D eigenvalue weighted by Crippen LogP contribution is 2.22. The topological polar surface area (TPSA) is 69.4 Å². The normalized spacial score (nSPS) is 9.81. The summed E-state index contributed by atoms with van der Waals surface area (Å²) in [6, 6.07) is 4.79. The highest BCUT2D eigenvalue weighted by Gasteiger charge is 2.10. The van der Waals surface area contributed by atoms with Crippen molar-refractivity contribution in [2.45, 2.75) is 26.2 Å². The molecule has 1 aromatic rings. The van der Waals surface area contributed by atoms with Gasteiger partial charge < -0.3 is 10.5 Å². The molecule has 0 radical (unpaired) electrons. The number of carbonyl (C=O) groups excluding carboxylic acids is 2. The third-order valence-corrected chi connectivity index (χ3v) is 2.18. The molecule has 1 aromatic carbocycles. The first-order valence-electron chi connectivity index (χ1n) is 5.23. The number of anilines is 1. The van der Waals surface area contributed by atoms with Crippen LogP contribution in [-0.4, -0.2) is 12.3 Å². The van der Waals surface area contributed by atoms with Crippen LogP contribution < -0.4 is 10.5 Å². The molecule has 4 heteroatoms. The van der Waals surface area contributed by atoms with Crippen molar-refractivity contribution in [1.29, 1.82) is 0 Å². The number of benzene rings is 1. The van der Waals surface area contributed by atoms with Crippen LogP contribution in [0, 0.1) is 0 Å². The number of nitrogens with two attached hydrogens (primary N) is 1. The lowest BCUT2D eigenvalue weighted by atomic mass is 10.2. The first kappa shape index (κ1) is 12.2. The third kappa shape index (κ3) is 3.08. The standard InChI is InChI=1S/C12H15NO3/c1-2-3-7-12(15)16-11-6-4-5-10(13)9(11)8-14/h4-6,8H,2-3,7,13H2,1H3. The maximum Gasteiger partial charge on any atom is 0.311 e. The molecule has 0 fully saturated rings. The van der Waals surface area contributed by atoms with Crippen LogP contribution in [0.2, 0.25) is 0 Å². The van der Waals surface area contributed by atoms with Crippen LogP contribution in [0.15, 0.2) is 18.2 Å². The fourth-order valence-corrected chi connectivity index (χ4v) is 1.27. The third-order valence-electron chi connectivity index (χ3n) is 2.18. The molecule has 0 aliphatic rings. The van der Waals surface area contributed by atoms with E-state index in [2.05, 4.69) is 0 Å². The fourth-order valence-electron chi connectivity index (χ4n) is 1.27. The van der Waals surface area contributed by atoms with Crippen LogP contribution in [0.5, 0.6) is 5.75 Å². The van der Waals surface area contributed by atoms with Gasteiger partial charge in [0.25, 0.3) is 0 Å². The second-order valence-electron chi connectivity index (χ2n) is 3.45. The SMILES string of the molecule is CCCCC(=O)Oc1cccc(N)c1C=O. The molecule has 0 spiro atoms. The second kappa shape index (κ2) is 5.90. The molecule has 0 bridgehead atoms. The van der Waals surface area contributed by atoms with Crippen LogP contribution in [0.25, 0.3) is 0 Å². The zero-order valence-electron chi connectivity index (χ0n) is 9.23. The predicted molar refractivity (Wildman–Crippen MR) is 61.4 cm³/mol. The molecule has 4 nitrogen and oxygen atoms in total. The first-order chi connectivity index (χ1) is 7.69. The number of aldehydes is 1. The van der Waals surface area contributed by atoms with Gasteiger partial charge in [0.05, 0.1) is 5.56 Å². The van der Waals surface area contributed by atoms with Crippen molar-refractivity contribution in [3.63, 3.8) is 0 Å². The lowest BCUT2D eigenvalue weighted by Crippen LogP contribution is -2.09. The van der Waals surface area contributed by atoms with Gasteiger partial charge in [-0.1, -0.05) is 19.4 Å². The Labute approximate surface area is 94.4 Å². The molecule has 0 saturated carbocycles. The van der Waals surface area contributed by atoms with Crippen LogP contribution in [0.1, 0.15) is 36.5 Å². The molecule has 0 aliphatic heterocycles. The molecule has 2 N–H and O–H groups in total. The van der Waals surface area contributed by atoms with Crippen LogP contribution in [0.4, 0.5) is 5.69 Å². The first-order valence-corrected chi connectivity index (χ1v) is 5.23. The van der Waals surface area contributed by atoms with Crippen LogP contribution >= 0.6 is 0 Å². The van der Waals surface area contributed by atoms with Gasteiger partial charge in [0, 0.05) is 12.1 Å². The lowest BCUT2D eigenvalue weighted by Gasteiger charge is -2.07. The minimum absolute atomic E-state index is 0.229. The predicted octanol–water partition coefficient (Wildman–Crippen LogP) is 2.18. The number of nitrogen functional groups attached to an aromatic ring is 1. The summed E-state index contributed by atoms with van der Waals surface area (Å²) in [5.41, 5.74) is 6.13. The van der Waals surface area contributed by atoms with Crippen molar-refractivity contribution < 1.29 is 14.3 Å². The summed E-state index contributed by atoms with van der Waals surface area (Å²) >= 11 is 0. The quantitative estimate of drug-likeness (QED) is 0.358. The number of unbranched alkanes of at least 4 members (excludes halogenated alkanes) is 1. The lowest BCUT2D eigenvalue weighted by molar-refractivity contribution is -0.134. The maximum absolute atomic E-state index is 11.4. The zero-order valence-corrected chi connectivity index (χ0v) is 9.23. The van der Waals surface area contributed by atoms with E-state index < -0.39 is 0 Å². The van der Waals surface area contributed by atoms with Crippen molar-refractivity contribution in [3.05, 3.63) is 23.8 Å². The summed E-state index contributed by atoms with van der Waals surface area (Å²) in [7, 11) is 0. The van der Waals surface area contributed by atoms with E-state index >= 15 is 0 Å². The minimum Gasteiger partial charge on any atom is -0.426 e. The van der Waals surface area contributed by atoms with E-state index in [4.69, 9.17) is 10.5 Å². The Balaban J connectivity index is 2.77. The van der Waals surface area contributed by atoms with Gasteiger partial charge >= 0.3 is 5.97 Å². The summed E-state index contributed by atoms with van der Waals surface area (Å²) in [5, 5.41) is 0. The van der Waals surface area contributed by atoms with E-state index in [1.165, 1.54) is 0 Å². The number of carbonyl (C=O) groups is 2. The van der Waals surface area contributed by atoms with Crippen LogP contribution in [-0.2, 0) is 4.79 Å². The molecule has 0 atom stereocenters. The number of hydrogen-bond acceptors (Lipinski definition) is 4. The van der Waals surface area contributed by atoms with Gasteiger partial charge in [0.15, 0.2) is 6.29 Å². The van der Waals surface area contributed by atoms with Crippen molar-refractivity contribution in [3.8, 4) is 5.75 Å². The van der Waals surface area contributed by atoms with Crippen molar-refractivity contribution in [1.82, 2.24) is 0 Å². The van der Waals surface area contributed by atoms with E-state index in [0.29, 0.717) is 18.4 Å². The summed E-state index contributed by atoms with van der Waals surface area (Å²) in [6.45, 7) is 1.99. The average Bonchev–Trinajstić information content (AvgIpc) is 2.27. The summed E-state index contributed by atoms with van der Waals surface area (Å²) in [5.74, 6) is -0.105. The highest BCUT2D eigenvalue weighted by molar-refractivity contribution is 5.88. The minimum atomic E-state index is -0.337. The van der Waals surface area contributed by atoms with Crippen molar-refractivity contribution in [2.75, 3.05) is 5.73 Å². The largest absolute Gasteiger partial charge is 0.426 e. The number of rotatable bonds is 5. The second-order valence-corrected chi connectivity index (χ2v) is 3.45. The van der Waals surface area contributed by atoms with E-state index in [9.17, 15) is 9.59 Å². The zero-order chi connectivity index (χ0) is 12.0. The number of hydrogen-bond donors (Lipinski definition) is 1. The van der Waals surface area contributed by atoms with E-state index in [0.717, 1.165) is 12.8 Å². The molecule has 1 rings (SSSR count). The average molecular weight is 221 g/mol. The molecular weight excluding hydrogens is 206 g/mol. The Morgan fingerprint density at radius 1 is 1.50 bits per heavy atom. The van der Waals surface area contributed by atoms with Crippen molar-refractivity contribution >= 4 is 17.9 Å². The van der Waals surface area contributed by atoms with E-state index in [-0.39, 0.29) is 17.3 Å². The number of esters is 1. The molecule has 0 aliphatic carbocycles. The van der Waals surface area contributed by atoms with Crippen LogP contribution in [0.3, 0.4) is 0 Å². The Bertz CT molecular complexity index is 388. The highest BCUT2D eigenvalue weighted by atomic mass is 16.5. The van der Waals surface area contributed by atoms with E-state index in [1.807, 2.05) is 6.92 Å². The van der Waals surface area contributed by atoms with Gasteiger partial charge in [0.2, 0.25) is 0 Å². The molecule has 86 valence electrons. The Hall–Kier alpha value is -1.84. The molecule has 0 saturated heterocycles. The van der Waals surface area contributed by atoms with Crippen molar-refractivity contribution in [2.24, 2.45) is 0 Å². The Morgan fingerprint density at radius 2 is 2.25 bits per heavy atom.